The van der Waals surface area contributed by atoms with Gasteiger partial charge >= 0.3 is 0 Å². The van der Waals surface area contributed by atoms with E-state index in [2.05, 4.69) is 26.7 Å². The highest BCUT2D eigenvalue weighted by molar-refractivity contribution is 5.76. The number of amides is 1. The number of carbonyl (C=O) groups excluding carboxylic acids is 1. The maximum atomic E-state index is 12.8. The minimum atomic E-state index is -0.0978. The van der Waals surface area contributed by atoms with Gasteiger partial charge in [-0.2, -0.15) is 0 Å². The van der Waals surface area contributed by atoms with Crippen molar-refractivity contribution in [1.82, 2.24) is 19.7 Å². The van der Waals surface area contributed by atoms with Gasteiger partial charge in [-0.05, 0) is 50.3 Å². The fourth-order valence-electron chi connectivity index (χ4n) is 5.00. The summed E-state index contributed by atoms with van der Waals surface area (Å²) in [6, 6.07) is 3.98. The van der Waals surface area contributed by atoms with Crippen LogP contribution in [0.1, 0.15) is 31.2 Å². The molecule has 0 N–H and O–H groups in total. The Bertz CT molecular complexity index is 647. The normalized spacial score (nSPS) is 29.5. The Kier molecular flexibility index (Phi) is 6.28. The summed E-state index contributed by atoms with van der Waals surface area (Å²) in [7, 11) is 2.20. The van der Waals surface area contributed by atoms with Crippen molar-refractivity contribution >= 4 is 5.91 Å². The Balaban J connectivity index is 1.26. The largest absolute Gasteiger partial charge is 0.373 e. The summed E-state index contributed by atoms with van der Waals surface area (Å²) in [4.78, 5) is 24.0. The Labute approximate surface area is 168 Å². The summed E-state index contributed by atoms with van der Waals surface area (Å²) < 4.78 is 6.36. The number of ether oxygens (including phenoxy) is 1. The van der Waals surface area contributed by atoms with Crippen LogP contribution in [0.15, 0.2) is 24.5 Å². The molecule has 3 aliphatic rings. The van der Waals surface area contributed by atoms with E-state index in [0.717, 1.165) is 70.6 Å². The van der Waals surface area contributed by atoms with Crippen molar-refractivity contribution in [2.24, 2.45) is 5.92 Å². The zero-order valence-electron chi connectivity index (χ0n) is 17.2. The fraction of sp³-hybridized carbons (Fsp3) is 0.727. The second-order valence-corrected chi connectivity index (χ2v) is 8.95. The zero-order valence-corrected chi connectivity index (χ0v) is 17.2. The monoisotopic (exact) mass is 386 g/mol. The summed E-state index contributed by atoms with van der Waals surface area (Å²) in [5.74, 6) is 0.864. The first-order valence-corrected chi connectivity index (χ1v) is 10.8. The Morgan fingerprint density at radius 2 is 2.14 bits per heavy atom. The van der Waals surface area contributed by atoms with Crippen LogP contribution in [0.5, 0.6) is 0 Å². The average Bonchev–Trinajstić information content (AvgIpc) is 3.10. The topological polar surface area (TPSA) is 48.9 Å². The molecule has 4 heterocycles. The second kappa shape index (κ2) is 8.89. The van der Waals surface area contributed by atoms with Gasteiger partial charge in [-0.15, -0.1) is 0 Å². The first-order valence-electron chi connectivity index (χ1n) is 10.8. The van der Waals surface area contributed by atoms with Crippen molar-refractivity contribution < 1.29 is 9.53 Å². The lowest BCUT2D eigenvalue weighted by Gasteiger charge is -2.40. The molecule has 1 amide bonds. The zero-order chi connectivity index (χ0) is 19.4. The molecule has 3 saturated heterocycles. The molecule has 0 aromatic carbocycles. The van der Waals surface area contributed by atoms with Gasteiger partial charge in [0.05, 0.1) is 12.2 Å². The lowest BCUT2D eigenvalue weighted by Crippen LogP contribution is -2.50. The molecule has 3 fully saturated rings. The van der Waals surface area contributed by atoms with Crippen LogP contribution in [0.4, 0.5) is 0 Å². The Hall–Kier alpha value is -1.50. The SMILES string of the molecule is CN1CCN(C[C@@H]2CO[C@]3(CCCN(C(=O)CCc4cccnc4)C3)C2)CC1. The van der Waals surface area contributed by atoms with E-state index in [4.69, 9.17) is 4.74 Å². The van der Waals surface area contributed by atoms with Gasteiger partial charge in [-0.25, -0.2) is 0 Å². The lowest BCUT2D eigenvalue weighted by molar-refractivity contribution is -0.139. The number of hydrogen-bond acceptors (Lipinski definition) is 5. The number of hydrogen-bond donors (Lipinski definition) is 0. The van der Waals surface area contributed by atoms with Crippen LogP contribution in [0.25, 0.3) is 0 Å². The van der Waals surface area contributed by atoms with Crippen LogP contribution >= 0.6 is 0 Å². The molecular formula is C22H34N4O2. The highest BCUT2D eigenvalue weighted by Crippen LogP contribution is 2.38. The molecule has 0 saturated carbocycles. The third kappa shape index (κ3) is 4.91. The van der Waals surface area contributed by atoms with Crippen LogP contribution in [-0.4, -0.2) is 90.7 Å². The van der Waals surface area contributed by atoms with Crippen molar-refractivity contribution in [3.63, 3.8) is 0 Å². The van der Waals surface area contributed by atoms with Gasteiger partial charge in [0.1, 0.15) is 0 Å². The molecule has 1 spiro atoms. The number of aromatic nitrogens is 1. The van der Waals surface area contributed by atoms with Gasteiger partial charge in [-0.1, -0.05) is 6.07 Å². The first kappa shape index (κ1) is 19.8. The van der Waals surface area contributed by atoms with Gasteiger partial charge < -0.3 is 19.4 Å². The van der Waals surface area contributed by atoms with Crippen LogP contribution in [0.2, 0.25) is 0 Å². The van der Waals surface area contributed by atoms with E-state index in [1.165, 1.54) is 13.1 Å². The molecule has 0 bridgehead atoms. The molecular weight excluding hydrogens is 352 g/mol. The van der Waals surface area contributed by atoms with E-state index >= 15 is 0 Å². The third-order valence-corrected chi connectivity index (χ3v) is 6.64. The predicted octanol–water partition coefficient (Wildman–Crippen LogP) is 1.66. The molecule has 0 unspecified atom stereocenters. The number of likely N-dealkylation sites (tertiary alicyclic amines) is 1. The lowest BCUT2D eigenvalue weighted by atomic mass is 9.86. The Morgan fingerprint density at radius 3 is 2.93 bits per heavy atom. The van der Waals surface area contributed by atoms with Crippen LogP contribution in [0.3, 0.4) is 0 Å². The van der Waals surface area contributed by atoms with Crippen LogP contribution in [0, 0.1) is 5.92 Å². The summed E-state index contributed by atoms with van der Waals surface area (Å²) in [5.41, 5.74) is 1.03. The molecule has 1 aromatic rings. The molecule has 0 aliphatic carbocycles. The van der Waals surface area contributed by atoms with Gasteiger partial charge in [0.25, 0.3) is 0 Å². The summed E-state index contributed by atoms with van der Waals surface area (Å²) in [5, 5.41) is 0. The molecule has 2 atom stereocenters. The maximum absolute atomic E-state index is 12.8. The molecule has 6 nitrogen and oxygen atoms in total. The minimum absolute atomic E-state index is 0.0978. The molecule has 0 radical (unpaired) electrons. The number of carbonyl (C=O) groups is 1. The van der Waals surface area contributed by atoms with E-state index in [9.17, 15) is 4.79 Å². The van der Waals surface area contributed by atoms with Crippen LogP contribution in [-0.2, 0) is 16.0 Å². The first-order chi connectivity index (χ1) is 13.6. The van der Waals surface area contributed by atoms with Gasteiger partial charge in [0, 0.05) is 64.6 Å². The minimum Gasteiger partial charge on any atom is -0.373 e. The van der Waals surface area contributed by atoms with Crippen molar-refractivity contribution in [3.8, 4) is 0 Å². The molecule has 1 aromatic heterocycles. The highest BCUT2D eigenvalue weighted by Gasteiger charge is 2.44. The molecule has 28 heavy (non-hydrogen) atoms. The average molecular weight is 387 g/mol. The van der Waals surface area contributed by atoms with E-state index in [1.807, 2.05) is 18.3 Å². The quantitative estimate of drug-likeness (QED) is 0.770. The predicted molar refractivity (Wildman–Crippen MR) is 109 cm³/mol. The van der Waals surface area contributed by atoms with E-state index < -0.39 is 0 Å². The smallest absolute Gasteiger partial charge is 0.223 e. The third-order valence-electron chi connectivity index (χ3n) is 6.64. The van der Waals surface area contributed by atoms with E-state index in [-0.39, 0.29) is 11.5 Å². The fourth-order valence-corrected chi connectivity index (χ4v) is 5.00. The van der Waals surface area contributed by atoms with Gasteiger partial charge in [-0.3, -0.25) is 9.78 Å². The molecule has 154 valence electrons. The summed E-state index contributed by atoms with van der Waals surface area (Å²) >= 11 is 0. The summed E-state index contributed by atoms with van der Waals surface area (Å²) in [6.07, 6.45) is 8.21. The van der Waals surface area contributed by atoms with Crippen LogP contribution < -0.4 is 0 Å². The number of piperidine rings is 1. The van der Waals surface area contributed by atoms with Crippen molar-refractivity contribution in [1.29, 1.82) is 0 Å². The second-order valence-electron chi connectivity index (χ2n) is 8.95. The number of nitrogens with zero attached hydrogens (tertiary/aromatic N) is 4. The van der Waals surface area contributed by atoms with Crippen molar-refractivity contribution in [2.45, 2.75) is 37.7 Å². The van der Waals surface area contributed by atoms with Crippen molar-refractivity contribution in [3.05, 3.63) is 30.1 Å². The maximum Gasteiger partial charge on any atom is 0.223 e. The number of pyridine rings is 1. The Morgan fingerprint density at radius 1 is 1.29 bits per heavy atom. The van der Waals surface area contributed by atoms with E-state index in [1.54, 1.807) is 6.20 Å². The number of aryl methyl sites for hydroxylation is 1. The number of piperazine rings is 1. The van der Waals surface area contributed by atoms with Gasteiger partial charge in [0.2, 0.25) is 5.91 Å². The standard InChI is InChI=1S/C22H34N4O2/c1-24-10-12-25(13-11-24)16-20-14-22(28-17-20)7-3-9-26(18-22)21(27)6-5-19-4-2-8-23-15-19/h2,4,8,15,20H,3,5-7,9-14,16-18H2,1H3/t20-,22-/m1/s1. The molecule has 4 rings (SSSR count). The highest BCUT2D eigenvalue weighted by atomic mass is 16.5. The number of rotatable bonds is 5. The molecule has 3 aliphatic heterocycles. The summed E-state index contributed by atoms with van der Waals surface area (Å²) in [6.45, 7) is 8.31. The van der Waals surface area contributed by atoms with E-state index in [0.29, 0.717) is 12.3 Å². The number of likely N-dealkylation sites (N-methyl/N-ethyl adjacent to an activating group) is 1. The van der Waals surface area contributed by atoms with Gasteiger partial charge in [0.15, 0.2) is 0 Å². The van der Waals surface area contributed by atoms with Crippen molar-refractivity contribution in [2.75, 3.05) is 59.5 Å². The molecule has 6 heteroatoms.